The zero-order valence-electron chi connectivity index (χ0n) is 9.11. The fraction of sp³-hybridized carbons (Fsp3) is 0.231. The largest absolute Gasteiger partial charge is 0.324 e. The minimum Gasteiger partial charge on any atom is -0.324 e. The van der Waals surface area contributed by atoms with Gasteiger partial charge >= 0.3 is 0 Å². The molecule has 3 heteroatoms. The zero-order valence-corrected chi connectivity index (χ0v) is 11.5. The lowest BCUT2D eigenvalue weighted by atomic mass is 10.0. The molecule has 1 heterocycles. The monoisotopic (exact) mass is 295 g/mol. The predicted molar refractivity (Wildman–Crippen MR) is 73.8 cm³/mol. The Bertz CT molecular complexity index is 445. The van der Waals surface area contributed by atoms with Crippen LogP contribution in [0.4, 0.5) is 0 Å². The van der Waals surface area contributed by atoms with E-state index in [4.69, 9.17) is 5.73 Å². The zero-order chi connectivity index (χ0) is 11.5. The number of halogens is 1. The number of hydrogen-bond donors (Lipinski definition) is 1. The van der Waals surface area contributed by atoms with Gasteiger partial charge in [-0.3, -0.25) is 0 Å². The van der Waals surface area contributed by atoms with Gasteiger partial charge in [-0.25, -0.2) is 0 Å². The first-order valence-corrected chi connectivity index (χ1v) is 6.83. The van der Waals surface area contributed by atoms with Gasteiger partial charge in [0.25, 0.3) is 0 Å². The van der Waals surface area contributed by atoms with Crippen LogP contribution in [-0.4, -0.2) is 0 Å². The molecule has 0 aliphatic carbocycles. The van der Waals surface area contributed by atoms with Crippen LogP contribution < -0.4 is 5.73 Å². The van der Waals surface area contributed by atoms with Crippen LogP contribution in [0.25, 0.3) is 0 Å². The van der Waals surface area contributed by atoms with E-state index in [1.165, 1.54) is 19.8 Å². The number of aryl methyl sites for hydroxylation is 1. The van der Waals surface area contributed by atoms with E-state index in [1.54, 1.807) is 0 Å². The fourth-order valence-corrected chi connectivity index (χ4v) is 3.31. The molecule has 1 aromatic carbocycles. The summed E-state index contributed by atoms with van der Waals surface area (Å²) in [6.45, 7) is 2.12. The van der Waals surface area contributed by atoms with Gasteiger partial charge in [0.2, 0.25) is 0 Å². The SMILES string of the molecule is Cc1sc(CC(N)c2ccccc2)cc1Br. The predicted octanol–water partition coefficient (Wildman–Crippen LogP) is 4.06. The molecule has 2 rings (SSSR count). The van der Waals surface area contributed by atoms with E-state index in [-0.39, 0.29) is 6.04 Å². The highest BCUT2D eigenvalue weighted by Gasteiger charge is 2.09. The topological polar surface area (TPSA) is 26.0 Å². The van der Waals surface area contributed by atoms with E-state index >= 15 is 0 Å². The summed E-state index contributed by atoms with van der Waals surface area (Å²) >= 11 is 5.34. The summed E-state index contributed by atoms with van der Waals surface area (Å²) in [5.41, 5.74) is 7.38. The van der Waals surface area contributed by atoms with Crippen molar-refractivity contribution in [1.29, 1.82) is 0 Å². The van der Waals surface area contributed by atoms with Crippen LogP contribution in [0.2, 0.25) is 0 Å². The molecule has 0 aliphatic heterocycles. The van der Waals surface area contributed by atoms with E-state index < -0.39 is 0 Å². The maximum atomic E-state index is 6.18. The van der Waals surface area contributed by atoms with Gasteiger partial charge < -0.3 is 5.73 Å². The molecule has 0 amide bonds. The van der Waals surface area contributed by atoms with E-state index in [9.17, 15) is 0 Å². The molecule has 2 N–H and O–H groups in total. The Kier molecular flexibility index (Phi) is 3.79. The molecule has 0 spiro atoms. The number of nitrogens with two attached hydrogens (primary N) is 1. The van der Waals surface area contributed by atoms with Gasteiger partial charge in [0.1, 0.15) is 0 Å². The number of rotatable bonds is 3. The Hall–Kier alpha value is -0.640. The molecular formula is C13H14BrNS. The second-order valence-corrected chi connectivity index (χ2v) is 6.03. The van der Waals surface area contributed by atoms with Crippen molar-refractivity contribution in [3.05, 3.63) is 56.2 Å². The first kappa shape index (κ1) is 11.8. The summed E-state index contributed by atoms with van der Waals surface area (Å²) in [5.74, 6) is 0. The standard InChI is InChI=1S/C13H14BrNS/c1-9-12(14)7-11(16-9)8-13(15)10-5-3-2-4-6-10/h2-7,13H,8,15H2,1H3. The maximum absolute atomic E-state index is 6.18. The smallest absolute Gasteiger partial charge is 0.0343 e. The van der Waals surface area contributed by atoms with Gasteiger partial charge in [0.15, 0.2) is 0 Å². The van der Waals surface area contributed by atoms with Crippen LogP contribution >= 0.6 is 27.3 Å². The molecule has 0 radical (unpaired) electrons. The molecule has 0 bridgehead atoms. The van der Waals surface area contributed by atoms with Crippen molar-refractivity contribution in [2.45, 2.75) is 19.4 Å². The first-order valence-electron chi connectivity index (χ1n) is 5.22. The van der Waals surface area contributed by atoms with Gasteiger partial charge in [0.05, 0.1) is 0 Å². The van der Waals surface area contributed by atoms with Gasteiger partial charge in [0, 0.05) is 26.7 Å². The lowest BCUT2D eigenvalue weighted by Gasteiger charge is -2.10. The Morgan fingerprint density at radius 2 is 2.00 bits per heavy atom. The highest BCUT2D eigenvalue weighted by Crippen LogP contribution is 2.29. The summed E-state index contributed by atoms with van der Waals surface area (Å²) in [6, 6.07) is 12.5. The van der Waals surface area contributed by atoms with Gasteiger partial charge in [-0.1, -0.05) is 30.3 Å². The van der Waals surface area contributed by atoms with Crippen molar-refractivity contribution in [2.24, 2.45) is 5.73 Å². The molecule has 16 heavy (non-hydrogen) atoms. The molecule has 2 aromatic rings. The Labute approximate surface area is 108 Å². The summed E-state index contributed by atoms with van der Waals surface area (Å²) in [6.07, 6.45) is 0.904. The van der Waals surface area contributed by atoms with Crippen molar-refractivity contribution in [2.75, 3.05) is 0 Å². The molecule has 1 aromatic heterocycles. The molecular weight excluding hydrogens is 282 g/mol. The first-order chi connectivity index (χ1) is 7.66. The fourth-order valence-electron chi connectivity index (χ4n) is 1.65. The third-order valence-corrected chi connectivity index (χ3v) is 4.72. The highest BCUT2D eigenvalue weighted by atomic mass is 79.9. The van der Waals surface area contributed by atoms with Gasteiger partial charge in [-0.05, 0) is 34.5 Å². The molecule has 0 aliphatic rings. The molecule has 0 saturated carbocycles. The minimum absolute atomic E-state index is 0.0890. The lowest BCUT2D eigenvalue weighted by molar-refractivity contribution is 0.730. The van der Waals surface area contributed by atoms with Crippen LogP contribution in [0.3, 0.4) is 0 Å². The van der Waals surface area contributed by atoms with Crippen LogP contribution in [0, 0.1) is 6.92 Å². The third kappa shape index (κ3) is 2.73. The van der Waals surface area contributed by atoms with E-state index in [0.29, 0.717) is 0 Å². The maximum Gasteiger partial charge on any atom is 0.0343 e. The molecule has 1 unspecified atom stereocenters. The number of thiophene rings is 1. The summed E-state index contributed by atoms with van der Waals surface area (Å²) in [7, 11) is 0. The number of hydrogen-bond acceptors (Lipinski definition) is 2. The lowest BCUT2D eigenvalue weighted by Crippen LogP contribution is -2.12. The Morgan fingerprint density at radius 1 is 1.31 bits per heavy atom. The summed E-state index contributed by atoms with van der Waals surface area (Å²) < 4.78 is 1.19. The van der Waals surface area contributed by atoms with Crippen molar-refractivity contribution < 1.29 is 0 Å². The van der Waals surface area contributed by atoms with E-state index in [1.807, 2.05) is 29.5 Å². The highest BCUT2D eigenvalue weighted by molar-refractivity contribution is 9.10. The van der Waals surface area contributed by atoms with E-state index in [0.717, 1.165) is 6.42 Å². The van der Waals surface area contributed by atoms with Crippen molar-refractivity contribution in [3.8, 4) is 0 Å². The quantitative estimate of drug-likeness (QED) is 0.908. The van der Waals surface area contributed by atoms with E-state index in [2.05, 4.69) is 41.1 Å². The Balaban J connectivity index is 2.11. The van der Waals surface area contributed by atoms with Crippen LogP contribution in [0.15, 0.2) is 40.9 Å². The average Bonchev–Trinajstić information content (AvgIpc) is 2.59. The van der Waals surface area contributed by atoms with Crippen molar-refractivity contribution >= 4 is 27.3 Å². The molecule has 0 fully saturated rings. The summed E-state index contributed by atoms with van der Waals surface area (Å²) in [4.78, 5) is 2.65. The average molecular weight is 296 g/mol. The van der Waals surface area contributed by atoms with Crippen molar-refractivity contribution in [3.63, 3.8) is 0 Å². The van der Waals surface area contributed by atoms with Crippen molar-refractivity contribution in [1.82, 2.24) is 0 Å². The minimum atomic E-state index is 0.0890. The van der Waals surface area contributed by atoms with Crippen LogP contribution in [0.5, 0.6) is 0 Å². The van der Waals surface area contributed by atoms with Gasteiger partial charge in [-0.2, -0.15) is 0 Å². The number of benzene rings is 1. The van der Waals surface area contributed by atoms with Gasteiger partial charge in [-0.15, -0.1) is 11.3 Å². The Morgan fingerprint density at radius 3 is 2.56 bits per heavy atom. The molecule has 84 valence electrons. The molecule has 0 saturated heterocycles. The normalized spacial score (nSPS) is 12.7. The summed E-state index contributed by atoms with van der Waals surface area (Å²) in [5, 5.41) is 0. The third-order valence-electron chi connectivity index (χ3n) is 2.56. The van der Waals surface area contributed by atoms with Crippen LogP contribution in [-0.2, 0) is 6.42 Å². The molecule has 1 atom stereocenters. The second-order valence-electron chi connectivity index (χ2n) is 3.84. The van der Waals surface area contributed by atoms with Crippen LogP contribution in [0.1, 0.15) is 21.4 Å². The second kappa shape index (κ2) is 5.13. The molecule has 1 nitrogen and oxygen atoms in total.